The molecule has 0 fully saturated rings. The van der Waals surface area contributed by atoms with E-state index in [0.717, 1.165) is 11.3 Å². The Morgan fingerprint density at radius 3 is 2.94 bits per heavy atom. The zero-order valence-electron chi connectivity index (χ0n) is 9.93. The van der Waals surface area contributed by atoms with Crippen LogP contribution in [0.4, 0.5) is 5.69 Å². The Labute approximate surface area is 110 Å². The van der Waals surface area contributed by atoms with Crippen molar-refractivity contribution in [2.24, 2.45) is 0 Å². The molecule has 98 valence electrons. The SMILES string of the molecule is CSCCNS(=O)(=O)c1c[nH]c2ccc(N)cc12. The number of aromatic amines is 1. The lowest BCUT2D eigenvalue weighted by molar-refractivity contribution is 0.585. The molecule has 0 radical (unpaired) electrons. The number of benzene rings is 1. The molecule has 1 aromatic carbocycles. The molecule has 0 atom stereocenters. The van der Waals surface area contributed by atoms with Gasteiger partial charge in [0.1, 0.15) is 4.90 Å². The number of thioether (sulfide) groups is 1. The van der Waals surface area contributed by atoms with Crippen molar-refractivity contribution in [1.82, 2.24) is 9.71 Å². The van der Waals surface area contributed by atoms with Gasteiger partial charge in [-0.15, -0.1) is 0 Å². The van der Waals surface area contributed by atoms with Gasteiger partial charge in [-0.25, -0.2) is 13.1 Å². The molecular weight excluding hydrogens is 270 g/mol. The van der Waals surface area contributed by atoms with Crippen molar-refractivity contribution in [1.29, 1.82) is 0 Å². The Balaban J connectivity index is 2.38. The molecule has 0 amide bonds. The van der Waals surface area contributed by atoms with Crippen LogP contribution < -0.4 is 10.5 Å². The highest BCUT2D eigenvalue weighted by Crippen LogP contribution is 2.24. The lowest BCUT2D eigenvalue weighted by Gasteiger charge is -2.04. The summed E-state index contributed by atoms with van der Waals surface area (Å²) in [5, 5.41) is 0.617. The zero-order valence-corrected chi connectivity index (χ0v) is 11.6. The summed E-state index contributed by atoms with van der Waals surface area (Å²) in [4.78, 5) is 3.17. The molecular formula is C11H15N3O2S2. The molecule has 0 saturated carbocycles. The summed E-state index contributed by atoms with van der Waals surface area (Å²) in [5.41, 5.74) is 6.99. The molecule has 0 aliphatic rings. The largest absolute Gasteiger partial charge is 0.399 e. The molecule has 0 spiro atoms. The average molecular weight is 285 g/mol. The molecule has 5 nitrogen and oxygen atoms in total. The van der Waals surface area contributed by atoms with Crippen molar-refractivity contribution < 1.29 is 8.42 Å². The average Bonchev–Trinajstić information content (AvgIpc) is 2.72. The Hall–Kier alpha value is -1.18. The van der Waals surface area contributed by atoms with Crippen LogP contribution in [0.25, 0.3) is 10.9 Å². The van der Waals surface area contributed by atoms with Gasteiger partial charge in [0.15, 0.2) is 0 Å². The summed E-state index contributed by atoms with van der Waals surface area (Å²) >= 11 is 1.59. The first-order chi connectivity index (χ1) is 8.54. The number of nitrogens with one attached hydrogen (secondary N) is 2. The third kappa shape index (κ3) is 2.63. The number of hydrogen-bond acceptors (Lipinski definition) is 4. The van der Waals surface area contributed by atoms with Crippen LogP contribution >= 0.6 is 11.8 Å². The Bertz CT molecular complexity index is 649. The lowest BCUT2D eigenvalue weighted by Crippen LogP contribution is -2.25. The van der Waals surface area contributed by atoms with Crippen molar-refractivity contribution >= 4 is 38.4 Å². The van der Waals surface area contributed by atoms with Gasteiger partial charge in [0, 0.05) is 35.1 Å². The quantitative estimate of drug-likeness (QED) is 0.572. The highest BCUT2D eigenvalue weighted by atomic mass is 32.2. The predicted octanol–water partition coefficient (Wildman–Crippen LogP) is 1.39. The Morgan fingerprint density at radius 1 is 1.44 bits per heavy atom. The molecule has 0 aliphatic heterocycles. The van der Waals surface area contributed by atoms with Gasteiger partial charge in [0.05, 0.1) is 0 Å². The Morgan fingerprint density at radius 2 is 2.22 bits per heavy atom. The minimum absolute atomic E-state index is 0.242. The highest BCUT2D eigenvalue weighted by Gasteiger charge is 2.18. The maximum atomic E-state index is 12.1. The van der Waals surface area contributed by atoms with Crippen LogP contribution in [0.3, 0.4) is 0 Å². The van der Waals surface area contributed by atoms with Crippen molar-refractivity contribution in [2.75, 3.05) is 24.3 Å². The second-order valence-electron chi connectivity index (χ2n) is 3.85. The van der Waals surface area contributed by atoms with Gasteiger partial charge in [0.25, 0.3) is 0 Å². The number of anilines is 1. The van der Waals surface area contributed by atoms with E-state index in [9.17, 15) is 8.42 Å². The van der Waals surface area contributed by atoms with Crippen LogP contribution in [0, 0.1) is 0 Å². The normalized spacial score (nSPS) is 12.1. The van der Waals surface area contributed by atoms with Crippen LogP contribution in [0.5, 0.6) is 0 Å². The third-order valence-corrected chi connectivity index (χ3v) is 4.67. The molecule has 2 aromatic rings. The molecule has 0 saturated heterocycles. The molecule has 0 unspecified atom stereocenters. The monoisotopic (exact) mass is 285 g/mol. The number of rotatable bonds is 5. The molecule has 1 heterocycles. The molecule has 1 aromatic heterocycles. The van der Waals surface area contributed by atoms with Crippen LogP contribution in [-0.2, 0) is 10.0 Å². The second-order valence-corrected chi connectivity index (χ2v) is 6.57. The van der Waals surface area contributed by atoms with Crippen molar-refractivity contribution in [2.45, 2.75) is 4.90 Å². The van der Waals surface area contributed by atoms with Gasteiger partial charge in [0.2, 0.25) is 10.0 Å². The second kappa shape index (κ2) is 5.21. The summed E-state index contributed by atoms with van der Waals surface area (Å²) in [6.45, 7) is 0.415. The van der Waals surface area contributed by atoms with E-state index >= 15 is 0 Å². The first-order valence-corrected chi connectivity index (χ1v) is 8.27. The minimum atomic E-state index is -3.48. The van der Waals surface area contributed by atoms with Gasteiger partial charge >= 0.3 is 0 Å². The fourth-order valence-corrected chi connectivity index (χ4v) is 3.32. The first kappa shape index (κ1) is 13.3. The molecule has 0 aliphatic carbocycles. The molecule has 0 bridgehead atoms. The summed E-state index contributed by atoms with van der Waals surface area (Å²) in [6, 6.07) is 5.16. The van der Waals surface area contributed by atoms with Gasteiger partial charge < -0.3 is 10.7 Å². The van der Waals surface area contributed by atoms with Crippen LogP contribution in [0.2, 0.25) is 0 Å². The van der Waals surface area contributed by atoms with E-state index in [0.29, 0.717) is 17.6 Å². The van der Waals surface area contributed by atoms with Crippen molar-refractivity contribution in [3.63, 3.8) is 0 Å². The van der Waals surface area contributed by atoms with E-state index in [1.54, 1.807) is 30.0 Å². The van der Waals surface area contributed by atoms with Gasteiger partial charge in [-0.3, -0.25) is 0 Å². The zero-order chi connectivity index (χ0) is 13.2. The van der Waals surface area contributed by atoms with Crippen LogP contribution in [-0.4, -0.2) is 32.0 Å². The standard InChI is InChI=1S/C11H15N3O2S2/c1-17-5-4-14-18(15,16)11-7-13-10-3-2-8(12)6-9(10)11/h2-3,6-7,13-14H,4-5,12H2,1H3. The van der Waals surface area contributed by atoms with E-state index < -0.39 is 10.0 Å². The Kier molecular flexibility index (Phi) is 3.84. The van der Waals surface area contributed by atoms with E-state index in [1.807, 2.05) is 6.26 Å². The van der Waals surface area contributed by atoms with Crippen LogP contribution in [0.1, 0.15) is 0 Å². The molecule has 18 heavy (non-hydrogen) atoms. The van der Waals surface area contributed by atoms with Crippen molar-refractivity contribution in [3.8, 4) is 0 Å². The maximum Gasteiger partial charge on any atom is 0.242 e. The number of H-pyrrole nitrogens is 1. The fraction of sp³-hybridized carbons (Fsp3) is 0.273. The predicted molar refractivity (Wildman–Crippen MR) is 76.3 cm³/mol. The van der Waals surface area contributed by atoms with E-state index in [4.69, 9.17) is 5.73 Å². The van der Waals surface area contributed by atoms with Crippen LogP contribution in [0.15, 0.2) is 29.3 Å². The third-order valence-electron chi connectivity index (χ3n) is 2.56. The summed E-state index contributed by atoms with van der Waals surface area (Å²) in [5.74, 6) is 0.740. The number of sulfonamides is 1. The summed E-state index contributed by atoms with van der Waals surface area (Å²) in [6.07, 6.45) is 3.42. The van der Waals surface area contributed by atoms with Gasteiger partial charge in [-0.2, -0.15) is 11.8 Å². The highest BCUT2D eigenvalue weighted by molar-refractivity contribution is 7.98. The topological polar surface area (TPSA) is 88.0 Å². The van der Waals surface area contributed by atoms with E-state index in [2.05, 4.69) is 9.71 Å². The number of hydrogen-bond donors (Lipinski definition) is 3. The van der Waals surface area contributed by atoms with Crippen molar-refractivity contribution in [3.05, 3.63) is 24.4 Å². The number of nitrogen functional groups attached to an aromatic ring is 1. The summed E-state index contributed by atoms with van der Waals surface area (Å²) in [7, 11) is -3.48. The molecule has 4 N–H and O–H groups in total. The minimum Gasteiger partial charge on any atom is -0.399 e. The molecule has 2 rings (SSSR count). The lowest BCUT2D eigenvalue weighted by atomic mass is 10.2. The van der Waals surface area contributed by atoms with E-state index in [-0.39, 0.29) is 4.90 Å². The fourth-order valence-electron chi connectivity index (χ4n) is 1.69. The number of nitrogens with two attached hydrogens (primary N) is 1. The maximum absolute atomic E-state index is 12.1. The smallest absolute Gasteiger partial charge is 0.242 e. The van der Waals surface area contributed by atoms with Gasteiger partial charge in [-0.1, -0.05) is 0 Å². The summed E-state index contributed by atoms with van der Waals surface area (Å²) < 4.78 is 26.8. The van der Waals surface area contributed by atoms with Gasteiger partial charge in [-0.05, 0) is 24.5 Å². The number of fused-ring (bicyclic) bond motifs is 1. The van der Waals surface area contributed by atoms with E-state index in [1.165, 1.54) is 6.20 Å². The number of aromatic nitrogens is 1. The first-order valence-electron chi connectivity index (χ1n) is 5.40. The molecule has 7 heteroatoms.